The van der Waals surface area contributed by atoms with Crippen molar-refractivity contribution in [3.8, 4) is 0 Å². The van der Waals surface area contributed by atoms with Gasteiger partial charge in [-0.2, -0.15) is 11.3 Å². The number of likely N-dealkylation sites (N-methyl/N-ethyl adjacent to an activating group) is 1. The van der Waals surface area contributed by atoms with E-state index in [-0.39, 0.29) is 23.9 Å². The number of carbonyl (C=O) groups is 1. The maximum absolute atomic E-state index is 11.6. The minimum absolute atomic E-state index is 0.0415. The molecule has 3 unspecified atom stereocenters. The predicted octanol–water partition coefficient (Wildman–Crippen LogP) is 1.84. The lowest BCUT2D eigenvalue weighted by Gasteiger charge is -2.33. The molecule has 3 N–H and O–H groups in total. The van der Waals surface area contributed by atoms with Crippen LogP contribution in [0.1, 0.15) is 31.9 Å². The second-order valence-electron chi connectivity index (χ2n) is 5.03. The lowest BCUT2D eigenvalue weighted by molar-refractivity contribution is -0.124. The number of carbonyl (C=O) groups excluding carboxylic acids is 1. The van der Waals surface area contributed by atoms with E-state index in [0.717, 1.165) is 6.42 Å². The largest absolute Gasteiger partial charge is 0.359 e. The average Bonchev–Trinajstić information content (AvgIpc) is 2.91. The number of rotatable bonds is 7. The van der Waals surface area contributed by atoms with Gasteiger partial charge in [-0.1, -0.05) is 13.8 Å². The molecule has 4 nitrogen and oxygen atoms in total. The molecule has 0 aliphatic carbocycles. The van der Waals surface area contributed by atoms with Gasteiger partial charge in [0.05, 0.1) is 6.04 Å². The fourth-order valence-electron chi connectivity index (χ4n) is 2.37. The third-order valence-electron chi connectivity index (χ3n) is 3.49. The number of amides is 1. The molecule has 0 radical (unpaired) electrons. The molecule has 0 fully saturated rings. The van der Waals surface area contributed by atoms with Gasteiger partial charge in [0.1, 0.15) is 0 Å². The summed E-state index contributed by atoms with van der Waals surface area (Å²) in [7, 11) is 3.71. The van der Waals surface area contributed by atoms with Crippen LogP contribution >= 0.6 is 11.3 Å². The maximum atomic E-state index is 11.6. The zero-order valence-electron chi connectivity index (χ0n) is 12.2. The van der Waals surface area contributed by atoms with Crippen LogP contribution in [0.15, 0.2) is 16.8 Å². The van der Waals surface area contributed by atoms with Gasteiger partial charge in [-0.05, 0) is 35.9 Å². The minimum Gasteiger partial charge on any atom is -0.359 e. The van der Waals surface area contributed by atoms with Crippen molar-refractivity contribution < 1.29 is 4.79 Å². The van der Waals surface area contributed by atoms with Crippen LogP contribution in [0.5, 0.6) is 0 Å². The van der Waals surface area contributed by atoms with E-state index in [2.05, 4.69) is 34.0 Å². The molecule has 1 aromatic rings. The maximum Gasteiger partial charge on any atom is 0.223 e. The van der Waals surface area contributed by atoms with E-state index in [4.69, 9.17) is 5.73 Å². The monoisotopic (exact) mass is 283 g/mol. The molecule has 19 heavy (non-hydrogen) atoms. The summed E-state index contributed by atoms with van der Waals surface area (Å²) >= 11 is 1.68. The molecular weight excluding hydrogens is 258 g/mol. The summed E-state index contributed by atoms with van der Waals surface area (Å²) in [4.78, 5) is 13.8. The molecule has 0 aromatic carbocycles. The first-order chi connectivity index (χ1) is 9.01. The molecule has 5 heteroatoms. The van der Waals surface area contributed by atoms with Crippen molar-refractivity contribution in [1.29, 1.82) is 0 Å². The van der Waals surface area contributed by atoms with E-state index in [1.165, 1.54) is 5.56 Å². The molecular formula is C14H25N3OS. The van der Waals surface area contributed by atoms with Crippen LogP contribution in [-0.4, -0.2) is 37.5 Å². The van der Waals surface area contributed by atoms with Gasteiger partial charge in [0, 0.05) is 25.6 Å². The SMILES string of the molecule is CCC(N)C(c1ccsc1)N(C)CC(C)C(=O)NC. The highest BCUT2D eigenvalue weighted by Gasteiger charge is 2.25. The fourth-order valence-corrected chi connectivity index (χ4v) is 3.06. The second-order valence-corrected chi connectivity index (χ2v) is 5.81. The van der Waals surface area contributed by atoms with Crippen LogP contribution in [0.4, 0.5) is 0 Å². The Labute approximate surface area is 120 Å². The van der Waals surface area contributed by atoms with E-state index in [1.54, 1.807) is 18.4 Å². The zero-order valence-corrected chi connectivity index (χ0v) is 13.0. The normalized spacial score (nSPS) is 16.1. The standard InChI is InChI=1S/C14H25N3OS/c1-5-12(15)13(11-6-7-19-9-11)17(4)8-10(2)14(18)16-3/h6-7,9-10,12-13H,5,8,15H2,1-4H3,(H,16,18). The van der Waals surface area contributed by atoms with Gasteiger partial charge in [-0.15, -0.1) is 0 Å². The highest BCUT2D eigenvalue weighted by molar-refractivity contribution is 7.07. The fraction of sp³-hybridized carbons (Fsp3) is 0.643. The van der Waals surface area contributed by atoms with Crippen LogP contribution in [0.2, 0.25) is 0 Å². The Bertz CT molecular complexity index is 380. The van der Waals surface area contributed by atoms with Crippen LogP contribution < -0.4 is 11.1 Å². The van der Waals surface area contributed by atoms with Gasteiger partial charge in [-0.25, -0.2) is 0 Å². The second kappa shape index (κ2) is 7.62. The first kappa shape index (κ1) is 16.1. The number of hydrogen-bond acceptors (Lipinski definition) is 4. The number of nitrogens with zero attached hydrogens (tertiary/aromatic N) is 1. The van der Waals surface area contributed by atoms with Gasteiger partial charge in [0.15, 0.2) is 0 Å². The number of hydrogen-bond donors (Lipinski definition) is 2. The van der Waals surface area contributed by atoms with Crippen LogP contribution in [-0.2, 0) is 4.79 Å². The Kier molecular flexibility index (Phi) is 6.48. The van der Waals surface area contributed by atoms with Gasteiger partial charge in [-0.3, -0.25) is 9.69 Å². The number of thiophene rings is 1. The first-order valence-electron chi connectivity index (χ1n) is 6.70. The van der Waals surface area contributed by atoms with Crippen LogP contribution in [0.25, 0.3) is 0 Å². The topological polar surface area (TPSA) is 58.4 Å². The Balaban J connectivity index is 2.78. The van der Waals surface area contributed by atoms with Gasteiger partial charge in [0.2, 0.25) is 5.91 Å². The van der Waals surface area contributed by atoms with E-state index < -0.39 is 0 Å². The lowest BCUT2D eigenvalue weighted by Crippen LogP contribution is -2.42. The van der Waals surface area contributed by atoms with E-state index >= 15 is 0 Å². The first-order valence-corrected chi connectivity index (χ1v) is 7.65. The highest BCUT2D eigenvalue weighted by atomic mass is 32.1. The summed E-state index contributed by atoms with van der Waals surface area (Å²) in [6.07, 6.45) is 0.916. The molecule has 0 aliphatic heterocycles. The quantitative estimate of drug-likeness (QED) is 0.803. The van der Waals surface area contributed by atoms with Gasteiger partial charge in [0.25, 0.3) is 0 Å². The molecule has 1 aromatic heterocycles. The van der Waals surface area contributed by atoms with E-state index in [0.29, 0.717) is 6.54 Å². The molecule has 108 valence electrons. The van der Waals surface area contributed by atoms with Crippen molar-refractivity contribution in [2.24, 2.45) is 11.7 Å². The van der Waals surface area contributed by atoms with Crippen molar-refractivity contribution in [3.05, 3.63) is 22.4 Å². The number of nitrogens with two attached hydrogens (primary N) is 1. The van der Waals surface area contributed by atoms with Crippen LogP contribution in [0.3, 0.4) is 0 Å². The molecule has 0 aliphatic rings. The Morgan fingerprint density at radius 1 is 1.58 bits per heavy atom. The molecule has 3 atom stereocenters. The summed E-state index contributed by atoms with van der Waals surface area (Å²) in [5.74, 6) is 0.0289. The molecule has 1 rings (SSSR count). The van der Waals surface area contributed by atoms with E-state index in [1.807, 2.05) is 14.0 Å². The van der Waals surface area contributed by atoms with Gasteiger partial charge < -0.3 is 11.1 Å². The Hall–Kier alpha value is -0.910. The average molecular weight is 283 g/mol. The number of nitrogens with one attached hydrogen (secondary N) is 1. The molecule has 0 bridgehead atoms. The highest BCUT2D eigenvalue weighted by Crippen LogP contribution is 2.26. The molecule has 0 saturated carbocycles. The van der Waals surface area contributed by atoms with Crippen LogP contribution in [0, 0.1) is 5.92 Å². The summed E-state index contributed by atoms with van der Waals surface area (Å²) < 4.78 is 0. The predicted molar refractivity (Wildman–Crippen MR) is 81.2 cm³/mol. The molecule has 1 heterocycles. The lowest BCUT2D eigenvalue weighted by atomic mass is 9.98. The van der Waals surface area contributed by atoms with Crippen molar-refractivity contribution in [3.63, 3.8) is 0 Å². The third-order valence-corrected chi connectivity index (χ3v) is 4.19. The minimum atomic E-state index is -0.0415. The Morgan fingerprint density at radius 2 is 2.26 bits per heavy atom. The molecule has 0 spiro atoms. The van der Waals surface area contributed by atoms with Gasteiger partial charge >= 0.3 is 0 Å². The Morgan fingerprint density at radius 3 is 2.74 bits per heavy atom. The van der Waals surface area contributed by atoms with Crippen molar-refractivity contribution in [1.82, 2.24) is 10.2 Å². The molecule has 0 saturated heterocycles. The smallest absolute Gasteiger partial charge is 0.223 e. The van der Waals surface area contributed by atoms with E-state index in [9.17, 15) is 4.79 Å². The van der Waals surface area contributed by atoms with Crippen molar-refractivity contribution >= 4 is 17.2 Å². The van der Waals surface area contributed by atoms with Crippen molar-refractivity contribution in [2.45, 2.75) is 32.4 Å². The molecule has 1 amide bonds. The summed E-state index contributed by atoms with van der Waals surface area (Å²) in [6, 6.07) is 2.37. The summed E-state index contributed by atoms with van der Waals surface area (Å²) in [5, 5.41) is 6.90. The van der Waals surface area contributed by atoms with Crippen molar-refractivity contribution in [2.75, 3.05) is 20.6 Å². The summed E-state index contributed by atoms with van der Waals surface area (Å²) in [6.45, 7) is 4.74. The third kappa shape index (κ3) is 4.30. The zero-order chi connectivity index (χ0) is 14.4. The summed E-state index contributed by atoms with van der Waals surface area (Å²) in [5.41, 5.74) is 7.50.